The third kappa shape index (κ3) is 2.78. The van der Waals surface area contributed by atoms with Crippen LogP contribution in [0.1, 0.15) is 28.3 Å². The van der Waals surface area contributed by atoms with Gasteiger partial charge in [-0.05, 0) is 30.9 Å². The van der Waals surface area contributed by atoms with E-state index in [1.165, 1.54) is 11.3 Å². The Morgan fingerprint density at radius 2 is 2.12 bits per heavy atom. The van der Waals surface area contributed by atoms with Crippen LogP contribution in [0.5, 0.6) is 0 Å². The second-order valence-electron chi connectivity index (χ2n) is 6.85. The van der Waals surface area contributed by atoms with Gasteiger partial charge in [0.2, 0.25) is 0 Å². The van der Waals surface area contributed by atoms with Gasteiger partial charge < -0.3 is 9.88 Å². The van der Waals surface area contributed by atoms with E-state index in [0.29, 0.717) is 5.92 Å². The van der Waals surface area contributed by atoms with Crippen molar-refractivity contribution in [3.05, 3.63) is 53.6 Å². The molecular formula is C19H19N5OS. The Labute approximate surface area is 154 Å². The number of rotatable bonds is 3. The van der Waals surface area contributed by atoms with Crippen LogP contribution in [0.3, 0.4) is 0 Å². The number of hydrogen-bond donors (Lipinski definition) is 1. The van der Waals surface area contributed by atoms with Crippen LogP contribution in [0.2, 0.25) is 0 Å². The molecule has 26 heavy (non-hydrogen) atoms. The number of nitrogens with one attached hydrogen (secondary N) is 1. The number of piperidine rings is 1. The molecule has 0 saturated carbocycles. The van der Waals surface area contributed by atoms with Gasteiger partial charge in [-0.2, -0.15) is 0 Å². The molecule has 1 fully saturated rings. The maximum atomic E-state index is 12.7. The van der Waals surface area contributed by atoms with E-state index in [1.54, 1.807) is 6.20 Å². The fourth-order valence-corrected chi connectivity index (χ4v) is 4.61. The predicted molar refractivity (Wildman–Crippen MR) is 101 cm³/mol. The SMILES string of the molecule is O=C(c1cn2ccnc2s1)N1CCC(Cc2nc3ccccc3[nH]2)CC1. The van der Waals surface area contributed by atoms with Crippen molar-refractivity contribution < 1.29 is 4.79 Å². The van der Waals surface area contributed by atoms with Gasteiger partial charge in [-0.3, -0.25) is 9.20 Å². The molecule has 3 aromatic heterocycles. The average Bonchev–Trinajstić information content (AvgIpc) is 3.35. The highest BCUT2D eigenvalue weighted by molar-refractivity contribution is 7.18. The number of para-hydroxylation sites is 2. The first kappa shape index (κ1) is 15.6. The van der Waals surface area contributed by atoms with Gasteiger partial charge in [-0.25, -0.2) is 9.97 Å². The van der Waals surface area contributed by atoms with Gasteiger partial charge in [0.25, 0.3) is 5.91 Å². The Bertz CT molecular complexity index is 1010. The predicted octanol–water partition coefficient (Wildman–Crippen LogP) is 3.37. The molecule has 4 aromatic rings. The molecule has 0 atom stereocenters. The van der Waals surface area contributed by atoms with Crippen LogP contribution in [0.15, 0.2) is 42.9 Å². The van der Waals surface area contributed by atoms with Gasteiger partial charge in [-0.1, -0.05) is 23.5 Å². The third-order valence-electron chi connectivity index (χ3n) is 5.12. The highest BCUT2D eigenvalue weighted by Crippen LogP contribution is 2.25. The molecular weight excluding hydrogens is 346 g/mol. The van der Waals surface area contributed by atoms with Gasteiger partial charge in [-0.15, -0.1) is 0 Å². The number of fused-ring (bicyclic) bond motifs is 2. The number of imidazole rings is 2. The van der Waals surface area contributed by atoms with Crippen LogP contribution in [-0.4, -0.2) is 43.2 Å². The number of H-pyrrole nitrogens is 1. The summed E-state index contributed by atoms with van der Waals surface area (Å²) in [6, 6.07) is 8.13. The van der Waals surface area contributed by atoms with Crippen molar-refractivity contribution in [2.24, 2.45) is 5.92 Å². The van der Waals surface area contributed by atoms with Crippen LogP contribution in [-0.2, 0) is 6.42 Å². The van der Waals surface area contributed by atoms with Crippen molar-refractivity contribution >= 4 is 33.2 Å². The quantitative estimate of drug-likeness (QED) is 0.605. The molecule has 1 aliphatic heterocycles. The number of likely N-dealkylation sites (tertiary alicyclic amines) is 1. The topological polar surface area (TPSA) is 66.3 Å². The first-order valence-electron chi connectivity index (χ1n) is 8.92. The molecule has 1 amide bonds. The normalized spacial score (nSPS) is 15.9. The van der Waals surface area contributed by atoms with Crippen molar-refractivity contribution in [1.82, 2.24) is 24.3 Å². The Hall–Kier alpha value is -2.67. The minimum Gasteiger partial charge on any atom is -0.342 e. The zero-order valence-corrected chi connectivity index (χ0v) is 15.1. The molecule has 0 bridgehead atoms. The minimum atomic E-state index is 0.127. The second-order valence-corrected chi connectivity index (χ2v) is 7.86. The molecule has 1 aromatic carbocycles. The van der Waals surface area contributed by atoms with Crippen LogP contribution in [0.4, 0.5) is 0 Å². The molecule has 132 valence electrons. The van der Waals surface area contributed by atoms with E-state index in [1.807, 2.05) is 39.9 Å². The van der Waals surface area contributed by atoms with Gasteiger partial charge >= 0.3 is 0 Å². The van der Waals surface area contributed by atoms with Crippen molar-refractivity contribution in [1.29, 1.82) is 0 Å². The zero-order valence-electron chi connectivity index (χ0n) is 14.3. The summed E-state index contributed by atoms with van der Waals surface area (Å²) in [5.41, 5.74) is 2.12. The van der Waals surface area contributed by atoms with Crippen LogP contribution in [0.25, 0.3) is 16.0 Å². The van der Waals surface area contributed by atoms with Gasteiger partial charge in [0, 0.05) is 38.1 Å². The lowest BCUT2D eigenvalue weighted by molar-refractivity contribution is 0.0694. The van der Waals surface area contributed by atoms with Crippen LogP contribution >= 0.6 is 11.3 Å². The zero-order chi connectivity index (χ0) is 17.5. The largest absolute Gasteiger partial charge is 0.342 e. The summed E-state index contributed by atoms with van der Waals surface area (Å²) in [5, 5.41) is 0. The maximum Gasteiger partial charge on any atom is 0.265 e. The third-order valence-corrected chi connectivity index (χ3v) is 6.12. The van der Waals surface area contributed by atoms with Gasteiger partial charge in [0.1, 0.15) is 10.7 Å². The highest BCUT2D eigenvalue weighted by Gasteiger charge is 2.25. The Kier molecular flexibility index (Phi) is 3.74. The number of nitrogens with zero attached hydrogens (tertiary/aromatic N) is 4. The van der Waals surface area contributed by atoms with E-state index < -0.39 is 0 Å². The van der Waals surface area contributed by atoms with Crippen LogP contribution in [0, 0.1) is 5.92 Å². The number of aromatic amines is 1. The number of aromatic nitrogens is 4. The number of thiazole rings is 1. The fraction of sp³-hybridized carbons (Fsp3) is 0.316. The van der Waals surface area contributed by atoms with Crippen molar-refractivity contribution in [2.45, 2.75) is 19.3 Å². The van der Waals surface area contributed by atoms with E-state index in [4.69, 9.17) is 0 Å². The number of benzene rings is 1. The average molecular weight is 365 g/mol. The van der Waals surface area contributed by atoms with Gasteiger partial charge in [0.05, 0.1) is 11.0 Å². The minimum absolute atomic E-state index is 0.127. The van der Waals surface area contributed by atoms with Crippen molar-refractivity contribution in [3.63, 3.8) is 0 Å². The van der Waals surface area contributed by atoms with E-state index in [0.717, 1.165) is 59.0 Å². The molecule has 0 spiro atoms. The fourth-order valence-electron chi connectivity index (χ4n) is 3.70. The number of hydrogen-bond acceptors (Lipinski definition) is 4. The first-order chi connectivity index (χ1) is 12.8. The Balaban J connectivity index is 1.22. The summed E-state index contributed by atoms with van der Waals surface area (Å²) >= 11 is 1.46. The summed E-state index contributed by atoms with van der Waals surface area (Å²) < 4.78 is 1.91. The molecule has 1 N–H and O–H groups in total. The van der Waals surface area contributed by atoms with Crippen molar-refractivity contribution in [2.75, 3.05) is 13.1 Å². The molecule has 7 heteroatoms. The Morgan fingerprint density at radius 1 is 1.27 bits per heavy atom. The molecule has 4 heterocycles. The van der Waals surface area contributed by atoms with Gasteiger partial charge in [0.15, 0.2) is 4.96 Å². The summed E-state index contributed by atoms with van der Waals surface area (Å²) in [6.07, 6.45) is 8.50. The standard InChI is InChI=1S/C19H19N5OS/c25-18(16-12-24-10-7-20-19(24)26-16)23-8-5-13(6-9-23)11-17-21-14-3-1-2-4-15(14)22-17/h1-4,7,10,12-13H,5-6,8-9,11H2,(H,21,22). The van der Waals surface area contributed by atoms with Crippen molar-refractivity contribution in [3.8, 4) is 0 Å². The van der Waals surface area contributed by atoms with E-state index in [2.05, 4.69) is 21.0 Å². The lowest BCUT2D eigenvalue weighted by Gasteiger charge is -2.31. The summed E-state index contributed by atoms with van der Waals surface area (Å²) in [4.78, 5) is 28.7. The second kappa shape index (κ2) is 6.25. The number of amides is 1. The number of carbonyl (C=O) groups excluding carboxylic acids is 1. The molecule has 1 aliphatic rings. The molecule has 0 radical (unpaired) electrons. The first-order valence-corrected chi connectivity index (χ1v) is 9.73. The monoisotopic (exact) mass is 365 g/mol. The number of carbonyl (C=O) groups is 1. The highest BCUT2D eigenvalue weighted by atomic mass is 32.1. The summed E-state index contributed by atoms with van der Waals surface area (Å²) in [6.45, 7) is 1.62. The summed E-state index contributed by atoms with van der Waals surface area (Å²) in [7, 11) is 0. The summed E-state index contributed by atoms with van der Waals surface area (Å²) in [5.74, 6) is 1.75. The molecule has 1 saturated heterocycles. The lowest BCUT2D eigenvalue weighted by atomic mass is 9.93. The van der Waals surface area contributed by atoms with E-state index >= 15 is 0 Å². The smallest absolute Gasteiger partial charge is 0.265 e. The van der Waals surface area contributed by atoms with Crippen LogP contribution < -0.4 is 0 Å². The molecule has 0 unspecified atom stereocenters. The van der Waals surface area contributed by atoms with E-state index in [-0.39, 0.29) is 5.91 Å². The molecule has 6 nitrogen and oxygen atoms in total. The Morgan fingerprint density at radius 3 is 2.92 bits per heavy atom. The lowest BCUT2D eigenvalue weighted by Crippen LogP contribution is -2.38. The molecule has 5 rings (SSSR count). The maximum absolute atomic E-state index is 12.7. The van der Waals surface area contributed by atoms with E-state index in [9.17, 15) is 4.79 Å². The molecule has 0 aliphatic carbocycles.